The van der Waals surface area contributed by atoms with Crippen LogP contribution in [0.4, 0.5) is 0 Å². The highest BCUT2D eigenvalue weighted by Gasteiger charge is 2.48. The molecule has 0 saturated carbocycles. The Morgan fingerprint density at radius 1 is 1.11 bits per heavy atom. The Morgan fingerprint density at radius 2 is 1.89 bits per heavy atom. The van der Waals surface area contributed by atoms with E-state index in [-0.39, 0.29) is 5.41 Å². The van der Waals surface area contributed by atoms with Crippen molar-refractivity contribution < 1.29 is 9.15 Å². The molecule has 0 radical (unpaired) electrons. The molecule has 0 atom stereocenters. The number of furan rings is 1. The van der Waals surface area contributed by atoms with E-state index in [4.69, 9.17) is 9.15 Å². The second-order valence-corrected chi connectivity index (χ2v) is 5.82. The molecule has 2 fully saturated rings. The van der Waals surface area contributed by atoms with Crippen molar-refractivity contribution in [3.63, 3.8) is 0 Å². The standard InChI is InChI=1S/C16H19NO2/c1-2-4-15-13(3-1)14(9-19-15)16(10-18-11-16)12-5-7-17-8-6-12/h1-4,9,12,17H,5-8,10-11H2. The second kappa shape index (κ2) is 4.36. The third-order valence-corrected chi connectivity index (χ3v) is 4.86. The highest BCUT2D eigenvalue weighted by atomic mass is 16.5. The zero-order valence-electron chi connectivity index (χ0n) is 11.0. The molecule has 0 amide bonds. The molecule has 19 heavy (non-hydrogen) atoms. The molecule has 1 aromatic heterocycles. The summed E-state index contributed by atoms with van der Waals surface area (Å²) in [5.74, 6) is 0.712. The Hall–Kier alpha value is -1.32. The maximum atomic E-state index is 5.75. The van der Waals surface area contributed by atoms with Crippen molar-refractivity contribution in [3.05, 3.63) is 36.1 Å². The van der Waals surface area contributed by atoms with Crippen LogP contribution in [0, 0.1) is 5.92 Å². The van der Waals surface area contributed by atoms with Gasteiger partial charge in [0.05, 0.1) is 19.5 Å². The number of hydrogen-bond acceptors (Lipinski definition) is 3. The molecule has 4 rings (SSSR count). The minimum atomic E-state index is 0.189. The van der Waals surface area contributed by atoms with Gasteiger partial charge in [0.2, 0.25) is 0 Å². The van der Waals surface area contributed by atoms with Crippen molar-refractivity contribution in [1.82, 2.24) is 5.32 Å². The van der Waals surface area contributed by atoms with Crippen LogP contribution in [0.2, 0.25) is 0 Å². The van der Waals surface area contributed by atoms with Gasteiger partial charge in [0.1, 0.15) is 5.58 Å². The van der Waals surface area contributed by atoms with Crippen molar-refractivity contribution in [1.29, 1.82) is 0 Å². The maximum Gasteiger partial charge on any atom is 0.134 e. The van der Waals surface area contributed by atoms with Gasteiger partial charge < -0.3 is 14.5 Å². The molecule has 3 heteroatoms. The smallest absolute Gasteiger partial charge is 0.134 e. The number of ether oxygens (including phenoxy) is 1. The molecule has 1 aromatic carbocycles. The number of para-hydroxylation sites is 1. The van der Waals surface area contributed by atoms with Gasteiger partial charge in [-0.25, -0.2) is 0 Å². The van der Waals surface area contributed by atoms with E-state index in [1.165, 1.54) is 23.8 Å². The number of hydrogen-bond donors (Lipinski definition) is 1. The second-order valence-electron chi connectivity index (χ2n) is 5.82. The lowest BCUT2D eigenvalue weighted by Gasteiger charge is -2.48. The van der Waals surface area contributed by atoms with Gasteiger partial charge in [-0.15, -0.1) is 0 Å². The molecule has 3 heterocycles. The van der Waals surface area contributed by atoms with Crippen molar-refractivity contribution in [2.45, 2.75) is 18.3 Å². The molecule has 2 aliphatic heterocycles. The van der Waals surface area contributed by atoms with Gasteiger partial charge in [0.25, 0.3) is 0 Å². The van der Waals surface area contributed by atoms with Crippen LogP contribution in [0.3, 0.4) is 0 Å². The number of nitrogens with one attached hydrogen (secondary N) is 1. The highest BCUT2D eigenvalue weighted by molar-refractivity contribution is 5.82. The highest BCUT2D eigenvalue weighted by Crippen LogP contribution is 2.46. The average molecular weight is 257 g/mol. The summed E-state index contributed by atoms with van der Waals surface area (Å²) in [6, 6.07) is 8.35. The molecule has 0 aliphatic carbocycles. The Bertz CT molecular complexity index is 579. The molecular formula is C16H19NO2. The molecule has 0 bridgehead atoms. The van der Waals surface area contributed by atoms with E-state index in [1.807, 2.05) is 12.3 Å². The van der Waals surface area contributed by atoms with E-state index >= 15 is 0 Å². The van der Waals surface area contributed by atoms with Crippen LogP contribution in [0.25, 0.3) is 11.0 Å². The monoisotopic (exact) mass is 257 g/mol. The number of piperidine rings is 1. The summed E-state index contributed by atoms with van der Waals surface area (Å²) in [6.45, 7) is 3.95. The quantitative estimate of drug-likeness (QED) is 0.898. The van der Waals surface area contributed by atoms with E-state index in [2.05, 4.69) is 23.5 Å². The first-order chi connectivity index (χ1) is 9.40. The van der Waals surface area contributed by atoms with E-state index in [0.29, 0.717) is 5.92 Å². The predicted octanol–water partition coefficient (Wildman–Crippen LogP) is 2.70. The molecule has 0 spiro atoms. The lowest BCUT2D eigenvalue weighted by molar-refractivity contribution is -0.0959. The Balaban J connectivity index is 1.79. The van der Waals surface area contributed by atoms with Gasteiger partial charge in [0, 0.05) is 16.4 Å². The predicted molar refractivity (Wildman–Crippen MR) is 74.3 cm³/mol. The van der Waals surface area contributed by atoms with Gasteiger partial charge >= 0.3 is 0 Å². The molecular weight excluding hydrogens is 238 g/mol. The van der Waals surface area contributed by atoms with Gasteiger partial charge in [-0.05, 0) is 37.9 Å². The Kier molecular flexibility index (Phi) is 2.64. The first-order valence-corrected chi connectivity index (χ1v) is 7.15. The van der Waals surface area contributed by atoms with Gasteiger partial charge in [0.15, 0.2) is 0 Å². The van der Waals surface area contributed by atoms with Crippen LogP contribution in [-0.2, 0) is 10.2 Å². The molecule has 2 saturated heterocycles. The van der Waals surface area contributed by atoms with E-state index in [0.717, 1.165) is 31.9 Å². The average Bonchev–Trinajstić information content (AvgIpc) is 2.84. The van der Waals surface area contributed by atoms with Crippen LogP contribution < -0.4 is 5.32 Å². The fourth-order valence-corrected chi connectivity index (χ4v) is 3.67. The zero-order valence-corrected chi connectivity index (χ0v) is 11.0. The normalized spacial score (nSPS) is 23.4. The van der Waals surface area contributed by atoms with Crippen LogP contribution in [0.5, 0.6) is 0 Å². The lowest BCUT2D eigenvalue weighted by Crippen LogP contribution is -2.54. The van der Waals surface area contributed by atoms with E-state index < -0.39 is 0 Å². The van der Waals surface area contributed by atoms with Crippen molar-refractivity contribution in [2.24, 2.45) is 5.92 Å². The molecule has 2 aromatic rings. The molecule has 1 N–H and O–H groups in total. The summed E-state index contributed by atoms with van der Waals surface area (Å²) < 4.78 is 11.4. The first kappa shape index (κ1) is 11.5. The summed E-state index contributed by atoms with van der Waals surface area (Å²) >= 11 is 0. The van der Waals surface area contributed by atoms with Crippen LogP contribution >= 0.6 is 0 Å². The van der Waals surface area contributed by atoms with Gasteiger partial charge in [-0.3, -0.25) is 0 Å². The molecule has 3 nitrogen and oxygen atoms in total. The Morgan fingerprint density at radius 3 is 2.63 bits per heavy atom. The summed E-state index contributed by atoms with van der Waals surface area (Å²) in [5, 5.41) is 4.72. The summed E-state index contributed by atoms with van der Waals surface area (Å²) in [5.41, 5.74) is 2.55. The first-order valence-electron chi connectivity index (χ1n) is 7.15. The molecule has 2 aliphatic rings. The number of rotatable bonds is 2. The minimum Gasteiger partial charge on any atom is -0.464 e. The number of fused-ring (bicyclic) bond motifs is 1. The topological polar surface area (TPSA) is 34.4 Å². The van der Waals surface area contributed by atoms with Gasteiger partial charge in [-0.1, -0.05) is 18.2 Å². The van der Waals surface area contributed by atoms with Crippen LogP contribution in [-0.4, -0.2) is 26.3 Å². The van der Waals surface area contributed by atoms with E-state index in [9.17, 15) is 0 Å². The minimum absolute atomic E-state index is 0.189. The lowest BCUT2D eigenvalue weighted by atomic mass is 9.65. The largest absolute Gasteiger partial charge is 0.464 e. The van der Waals surface area contributed by atoms with Crippen molar-refractivity contribution in [3.8, 4) is 0 Å². The summed E-state index contributed by atoms with van der Waals surface area (Å²) in [4.78, 5) is 0. The van der Waals surface area contributed by atoms with Crippen LogP contribution in [0.15, 0.2) is 34.9 Å². The molecule has 100 valence electrons. The fraction of sp³-hybridized carbons (Fsp3) is 0.500. The third kappa shape index (κ3) is 1.65. The van der Waals surface area contributed by atoms with Crippen molar-refractivity contribution in [2.75, 3.05) is 26.3 Å². The fourth-order valence-electron chi connectivity index (χ4n) is 3.67. The Labute approximate surface area is 112 Å². The van der Waals surface area contributed by atoms with Gasteiger partial charge in [-0.2, -0.15) is 0 Å². The molecule has 0 unspecified atom stereocenters. The zero-order chi connectivity index (χ0) is 12.7. The summed E-state index contributed by atoms with van der Waals surface area (Å²) in [6.07, 6.45) is 4.45. The van der Waals surface area contributed by atoms with Crippen LogP contribution in [0.1, 0.15) is 18.4 Å². The summed E-state index contributed by atoms with van der Waals surface area (Å²) in [7, 11) is 0. The van der Waals surface area contributed by atoms with E-state index in [1.54, 1.807) is 0 Å². The van der Waals surface area contributed by atoms with Crippen molar-refractivity contribution >= 4 is 11.0 Å². The maximum absolute atomic E-state index is 5.75. The number of benzene rings is 1. The third-order valence-electron chi connectivity index (χ3n) is 4.86. The SMILES string of the molecule is c1ccc2c(C3(C4CCNCC4)COC3)coc2c1.